The number of benzene rings is 2. The van der Waals surface area contributed by atoms with E-state index in [1.165, 1.54) is 16.2 Å². The maximum Gasteiger partial charge on any atom is 0.279 e. The zero-order chi connectivity index (χ0) is 20.0. The lowest BCUT2D eigenvalue weighted by molar-refractivity contribution is -0.121. The van der Waals surface area contributed by atoms with Gasteiger partial charge in [-0.25, -0.2) is 0 Å². The lowest BCUT2D eigenvalue weighted by atomic mass is 10.1. The molecule has 0 unspecified atom stereocenters. The smallest absolute Gasteiger partial charge is 0.279 e. The zero-order valence-corrected chi connectivity index (χ0v) is 16.7. The van der Waals surface area contributed by atoms with E-state index in [9.17, 15) is 14.4 Å². The Balaban J connectivity index is 1.69. The minimum absolute atomic E-state index is 0.211. The van der Waals surface area contributed by atoms with Crippen LogP contribution < -0.4 is 9.70 Å². The van der Waals surface area contributed by atoms with Crippen molar-refractivity contribution in [2.24, 2.45) is 12.0 Å². The van der Waals surface area contributed by atoms with Crippen LogP contribution in [0.25, 0.3) is 10.2 Å². The van der Waals surface area contributed by atoms with Crippen LogP contribution in [0.4, 0.5) is 5.69 Å². The van der Waals surface area contributed by atoms with Gasteiger partial charge in [0.1, 0.15) is 0 Å². The number of carbonyl (C=O) groups is 3. The van der Waals surface area contributed by atoms with Crippen LogP contribution in [-0.4, -0.2) is 22.3 Å². The molecule has 3 amide bonds. The highest BCUT2D eigenvalue weighted by Crippen LogP contribution is 2.25. The van der Waals surface area contributed by atoms with E-state index in [0.717, 1.165) is 21.3 Å². The molecular weight excluding hydrogens is 374 g/mol. The van der Waals surface area contributed by atoms with E-state index >= 15 is 0 Å². The third kappa shape index (κ3) is 2.97. The average molecular weight is 393 g/mol. The Morgan fingerprint density at radius 1 is 0.964 bits per heavy atom. The number of thiazole rings is 1. The van der Waals surface area contributed by atoms with Gasteiger partial charge in [0.2, 0.25) is 11.8 Å². The Hall–Kier alpha value is -3.06. The minimum atomic E-state index is -0.358. The maximum atomic E-state index is 12.7. The molecule has 0 saturated carbocycles. The first kappa shape index (κ1) is 18.3. The Labute approximate surface area is 165 Å². The molecular formula is C21H19N3O3S. The first-order valence-corrected chi connectivity index (χ1v) is 9.79. The van der Waals surface area contributed by atoms with Gasteiger partial charge in [-0.3, -0.25) is 19.3 Å². The Kier molecular flexibility index (Phi) is 4.47. The van der Waals surface area contributed by atoms with Crippen LogP contribution in [0.1, 0.15) is 34.3 Å². The van der Waals surface area contributed by atoms with Crippen LogP contribution in [0.2, 0.25) is 0 Å². The second kappa shape index (κ2) is 6.83. The first-order valence-electron chi connectivity index (χ1n) is 8.97. The number of anilines is 1. The van der Waals surface area contributed by atoms with Crippen molar-refractivity contribution in [3.63, 3.8) is 0 Å². The van der Waals surface area contributed by atoms with Crippen molar-refractivity contribution in [1.29, 1.82) is 0 Å². The van der Waals surface area contributed by atoms with E-state index in [1.54, 1.807) is 24.3 Å². The lowest BCUT2D eigenvalue weighted by Crippen LogP contribution is -2.28. The fraction of sp³-hybridized carbons (Fsp3) is 0.238. The van der Waals surface area contributed by atoms with Crippen LogP contribution in [0, 0.1) is 13.8 Å². The molecule has 1 fully saturated rings. The number of nitrogens with zero attached hydrogens (tertiary/aromatic N) is 3. The number of aryl methyl sites for hydroxylation is 3. The Morgan fingerprint density at radius 3 is 2.18 bits per heavy atom. The summed E-state index contributed by atoms with van der Waals surface area (Å²) in [7, 11) is 1.91. The van der Waals surface area contributed by atoms with Gasteiger partial charge >= 0.3 is 0 Å². The van der Waals surface area contributed by atoms with Gasteiger partial charge in [-0.2, -0.15) is 4.99 Å². The van der Waals surface area contributed by atoms with Gasteiger partial charge in [-0.05, 0) is 49.2 Å². The molecule has 2 aromatic carbocycles. The summed E-state index contributed by atoms with van der Waals surface area (Å²) in [5.74, 6) is -0.781. The number of hydrogen-bond donors (Lipinski definition) is 0. The van der Waals surface area contributed by atoms with Crippen molar-refractivity contribution in [1.82, 2.24) is 4.57 Å². The third-order valence-electron chi connectivity index (χ3n) is 4.97. The van der Waals surface area contributed by atoms with Gasteiger partial charge in [0, 0.05) is 25.5 Å². The van der Waals surface area contributed by atoms with Crippen molar-refractivity contribution in [2.45, 2.75) is 26.7 Å². The summed E-state index contributed by atoms with van der Waals surface area (Å²) in [6.07, 6.45) is 0.465. The highest BCUT2D eigenvalue weighted by molar-refractivity contribution is 7.16. The number of carbonyl (C=O) groups excluding carboxylic acids is 3. The monoisotopic (exact) mass is 393 g/mol. The molecule has 0 bridgehead atoms. The van der Waals surface area contributed by atoms with Gasteiger partial charge in [0.15, 0.2) is 4.80 Å². The van der Waals surface area contributed by atoms with Crippen LogP contribution in [0.15, 0.2) is 41.4 Å². The van der Waals surface area contributed by atoms with Gasteiger partial charge in [-0.1, -0.05) is 23.5 Å². The molecule has 28 heavy (non-hydrogen) atoms. The highest BCUT2D eigenvalue weighted by atomic mass is 32.1. The molecule has 1 saturated heterocycles. The number of aromatic nitrogens is 1. The van der Waals surface area contributed by atoms with Crippen molar-refractivity contribution < 1.29 is 14.4 Å². The standard InChI is InChI=1S/C21H19N3O3S/c1-12-4-5-13(2)19-18(12)23(3)21(28-19)22-20(27)14-6-8-15(9-7-14)24-16(25)10-11-17(24)26/h4-9H,10-11H2,1-3H3. The highest BCUT2D eigenvalue weighted by Gasteiger charge is 2.30. The molecule has 3 aromatic rings. The molecule has 6 nitrogen and oxygen atoms in total. The molecule has 4 rings (SSSR count). The summed E-state index contributed by atoms with van der Waals surface area (Å²) in [5, 5.41) is 0. The molecule has 0 aliphatic carbocycles. The van der Waals surface area contributed by atoms with E-state index in [0.29, 0.717) is 16.1 Å². The topological polar surface area (TPSA) is 71.7 Å². The zero-order valence-electron chi connectivity index (χ0n) is 15.9. The molecule has 1 aromatic heterocycles. The van der Waals surface area contributed by atoms with Crippen LogP contribution >= 0.6 is 11.3 Å². The summed E-state index contributed by atoms with van der Waals surface area (Å²) < 4.78 is 3.06. The van der Waals surface area contributed by atoms with E-state index in [1.807, 2.05) is 25.5 Å². The average Bonchev–Trinajstić information content (AvgIpc) is 3.19. The molecule has 0 atom stereocenters. The molecule has 2 heterocycles. The van der Waals surface area contributed by atoms with Crippen molar-refractivity contribution in [2.75, 3.05) is 4.90 Å². The van der Waals surface area contributed by atoms with Crippen LogP contribution in [0.5, 0.6) is 0 Å². The number of amides is 3. The van der Waals surface area contributed by atoms with Gasteiger partial charge in [0.05, 0.1) is 15.9 Å². The second-order valence-electron chi connectivity index (χ2n) is 6.91. The summed E-state index contributed by atoms with van der Waals surface area (Å²) in [6.45, 7) is 4.09. The molecule has 0 N–H and O–H groups in total. The Morgan fingerprint density at radius 2 is 1.57 bits per heavy atom. The molecule has 1 aliphatic heterocycles. The Bertz CT molecular complexity index is 1190. The second-order valence-corrected chi connectivity index (χ2v) is 7.88. The predicted octanol–water partition coefficient (Wildman–Crippen LogP) is 3.25. The van der Waals surface area contributed by atoms with Crippen molar-refractivity contribution in [3.05, 3.63) is 57.9 Å². The van der Waals surface area contributed by atoms with E-state index in [4.69, 9.17) is 0 Å². The fourth-order valence-corrected chi connectivity index (χ4v) is 4.60. The summed E-state index contributed by atoms with van der Waals surface area (Å²) in [4.78, 5) is 42.4. The van der Waals surface area contributed by atoms with E-state index < -0.39 is 0 Å². The quantitative estimate of drug-likeness (QED) is 0.628. The van der Waals surface area contributed by atoms with E-state index in [-0.39, 0.29) is 30.6 Å². The van der Waals surface area contributed by atoms with Crippen LogP contribution in [0.3, 0.4) is 0 Å². The predicted molar refractivity (Wildman–Crippen MR) is 108 cm³/mol. The summed E-state index contributed by atoms with van der Waals surface area (Å²) in [5.41, 5.74) is 4.27. The minimum Gasteiger partial charge on any atom is -0.319 e. The fourth-order valence-electron chi connectivity index (χ4n) is 3.44. The number of fused-ring (bicyclic) bond motifs is 1. The van der Waals surface area contributed by atoms with Gasteiger partial charge < -0.3 is 4.57 Å². The number of hydrogen-bond acceptors (Lipinski definition) is 4. The lowest BCUT2D eigenvalue weighted by Gasteiger charge is -2.13. The van der Waals surface area contributed by atoms with Gasteiger partial charge in [0.25, 0.3) is 5.91 Å². The normalized spacial score (nSPS) is 15.1. The third-order valence-corrected chi connectivity index (χ3v) is 6.23. The van der Waals surface area contributed by atoms with Crippen molar-refractivity contribution in [3.8, 4) is 0 Å². The van der Waals surface area contributed by atoms with Crippen LogP contribution in [-0.2, 0) is 16.6 Å². The number of rotatable bonds is 2. The van der Waals surface area contributed by atoms with E-state index in [2.05, 4.69) is 17.1 Å². The largest absolute Gasteiger partial charge is 0.319 e. The summed E-state index contributed by atoms with van der Waals surface area (Å²) >= 11 is 1.49. The summed E-state index contributed by atoms with van der Waals surface area (Å²) in [6, 6.07) is 10.6. The number of imide groups is 1. The molecule has 0 spiro atoms. The molecule has 142 valence electrons. The van der Waals surface area contributed by atoms with Gasteiger partial charge in [-0.15, -0.1) is 0 Å². The van der Waals surface area contributed by atoms with Crippen molar-refractivity contribution >= 4 is 45.0 Å². The maximum absolute atomic E-state index is 12.7. The molecule has 0 radical (unpaired) electrons. The SMILES string of the molecule is Cc1ccc(C)c2c1sc(=NC(=O)c1ccc(N3C(=O)CCC3=O)cc1)n2C. The molecule has 1 aliphatic rings. The first-order chi connectivity index (χ1) is 13.4. The molecule has 7 heteroatoms.